The van der Waals surface area contributed by atoms with E-state index >= 15 is 0 Å². The average molecular weight is 264 g/mol. The van der Waals surface area contributed by atoms with Crippen molar-refractivity contribution in [1.29, 1.82) is 0 Å². The Hall–Kier alpha value is -0.605. The van der Waals surface area contributed by atoms with Crippen LogP contribution in [-0.4, -0.2) is 31.1 Å². The molecule has 2 aliphatic rings. The molecule has 0 N–H and O–H groups in total. The predicted octanol–water partition coefficient (Wildman–Crippen LogP) is 3.29. The average Bonchev–Trinajstić information content (AvgIpc) is 2.46. The van der Waals surface area contributed by atoms with Crippen molar-refractivity contribution in [2.45, 2.75) is 59.7 Å². The standard InChI is InChI=1S/C15H26BNO2/c1-13(2,3)11-10-17-9-8-12(11)16-18-14(4,5)15(6,7)19-16/h8,10-11H,9H2,1-7H3/i10D. The molecule has 4 heteroatoms. The summed E-state index contributed by atoms with van der Waals surface area (Å²) in [5.74, 6) is -0.0500. The van der Waals surface area contributed by atoms with Crippen molar-refractivity contribution in [3.63, 3.8) is 0 Å². The van der Waals surface area contributed by atoms with E-state index in [1.807, 2.05) is 0 Å². The lowest BCUT2D eigenvalue weighted by Gasteiger charge is -2.32. The first kappa shape index (κ1) is 13.4. The van der Waals surface area contributed by atoms with Gasteiger partial charge in [-0.3, -0.25) is 4.99 Å². The molecule has 0 spiro atoms. The Labute approximate surface area is 119 Å². The highest BCUT2D eigenvalue weighted by Gasteiger charge is 2.54. The van der Waals surface area contributed by atoms with Crippen LogP contribution < -0.4 is 0 Å². The second-order valence-corrected chi connectivity index (χ2v) is 7.56. The summed E-state index contributed by atoms with van der Waals surface area (Å²) in [6.45, 7) is 15.2. The summed E-state index contributed by atoms with van der Waals surface area (Å²) in [4.78, 5) is 4.27. The van der Waals surface area contributed by atoms with E-state index in [9.17, 15) is 0 Å². The third kappa shape index (κ3) is 2.66. The van der Waals surface area contributed by atoms with Gasteiger partial charge in [-0.15, -0.1) is 0 Å². The van der Waals surface area contributed by atoms with Gasteiger partial charge in [0.1, 0.15) is 0 Å². The van der Waals surface area contributed by atoms with Gasteiger partial charge >= 0.3 is 7.12 Å². The molecule has 0 aromatic carbocycles. The number of aliphatic imine (C=N–C) groups is 1. The highest BCUT2D eigenvalue weighted by Crippen LogP contribution is 2.42. The first-order valence-corrected chi connectivity index (χ1v) is 7.02. The molecule has 1 atom stereocenters. The molecule has 3 nitrogen and oxygen atoms in total. The third-order valence-corrected chi connectivity index (χ3v) is 4.36. The SMILES string of the molecule is [2H]C1=NCC=C(B2OC(C)(C)C(C)(C)O2)C1C(C)(C)C. The smallest absolute Gasteiger partial charge is 0.400 e. The van der Waals surface area contributed by atoms with Gasteiger partial charge in [0, 0.05) is 12.1 Å². The Morgan fingerprint density at radius 3 is 2.26 bits per heavy atom. The Morgan fingerprint density at radius 1 is 1.26 bits per heavy atom. The summed E-state index contributed by atoms with van der Waals surface area (Å²) in [5.41, 5.74) is 0.280. The van der Waals surface area contributed by atoms with Crippen molar-refractivity contribution in [1.82, 2.24) is 0 Å². The van der Waals surface area contributed by atoms with Crippen LogP contribution in [-0.2, 0) is 9.31 Å². The summed E-state index contributed by atoms with van der Waals surface area (Å²) in [6.07, 6.45) is 2.50. The molecule has 2 aliphatic heterocycles. The summed E-state index contributed by atoms with van der Waals surface area (Å²) in [5, 5.41) is 0. The van der Waals surface area contributed by atoms with E-state index in [0.29, 0.717) is 12.7 Å². The largest absolute Gasteiger partial charge is 0.490 e. The molecule has 0 bridgehead atoms. The van der Waals surface area contributed by atoms with E-state index in [1.165, 1.54) is 0 Å². The fourth-order valence-electron chi connectivity index (χ4n) is 2.39. The van der Waals surface area contributed by atoms with Crippen molar-refractivity contribution in [3.8, 4) is 0 Å². The van der Waals surface area contributed by atoms with E-state index < -0.39 is 0 Å². The molecule has 0 amide bonds. The van der Waals surface area contributed by atoms with E-state index in [4.69, 9.17) is 10.7 Å². The molecule has 106 valence electrons. The zero-order valence-corrected chi connectivity index (χ0v) is 13.2. The lowest BCUT2D eigenvalue weighted by atomic mass is 9.62. The first-order valence-electron chi connectivity index (χ1n) is 7.52. The maximum atomic E-state index is 8.17. The van der Waals surface area contributed by atoms with E-state index in [1.54, 1.807) is 0 Å². The van der Waals surface area contributed by atoms with Gasteiger partial charge in [-0.25, -0.2) is 0 Å². The molecule has 1 unspecified atom stereocenters. The monoisotopic (exact) mass is 264 g/mol. The second kappa shape index (κ2) is 4.46. The molecule has 0 aromatic heterocycles. The minimum Gasteiger partial charge on any atom is -0.400 e. The number of hydrogen-bond acceptors (Lipinski definition) is 3. The van der Waals surface area contributed by atoms with Gasteiger partial charge in [-0.2, -0.15) is 0 Å². The summed E-state index contributed by atoms with van der Waals surface area (Å²) >= 11 is 0. The van der Waals surface area contributed by atoms with Crippen LogP contribution in [0.1, 0.15) is 49.8 Å². The molecular weight excluding hydrogens is 237 g/mol. The van der Waals surface area contributed by atoms with Crippen LogP contribution in [0.25, 0.3) is 0 Å². The van der Waals surface area contributed by atoms with Crippen LogP contribution in [0.4, 0.5) is 0 Å². The van der Waals surface area contributed by atoms with Crippen LogP contribution in [0.15, 0.2) is 16.5 Å². The molecule has 1 fully saturated rings. The van der Waals surface area contributed by atoms with Gasteiger partial charge in [-0.05, 0) is 38.6 Å². The van der Waals surface area contributed by atoms with Crippen molar-refractivity contribution >= 4 is 13.3 Å². The maximum Gasteiger partial charge on any atom is 0.490 e. The Bertz CT molecular complexity index is 447. The molecule has 2 heterocycles. The highest BCUT2D eigenvalue weighted by atomic mass is 16.7. The number of allylic oxidation sites excluding steroid dienone is 1. The number of rotatable bonds is 1. The topological polar surface area (TPSA) is 30.8 Å². The second-order valence-electron chi connectivity index (χ2n) is 7.56. The minimum absolute atomic E-state index is 0.0500. The third-order valence-electron chi connectivity index (χ3n) is 4.36. The molecule has 0 aliphatic carbocycles. The summed E-state index contributed by atoms with van der Waals surface area (Å²) in [6, 6.07) is 0. The lowest BCUT2D eigenvalue weighted by Crippen LogP contribution is -2.41. The zero-order valence-electron chi connectivity index (χ0n) is 14.2. The minimum atomic E-state index is -0.375. The predicted molar refractivity (Wildman–Crippen MR) is 80.5 cm³/mol. The molecule has 0 saturated carbocycles. The van der Waals surface area contributed by atoms with E-state index in [2.05, 4.69) is 59.5 Å². The Kier molecular flexibility index (Phi) is 3.14. The molecule has 0 aromatic rings. The van der Waals surface area contributed by atoms with Crippen LogP contribution in [0, 0.1) is 11.3 Å². The van der Waals surface area contributed by atoms with Gasteiger partial charge in [0.05, 0.1) is 19.1 Å². The van der Waals surface area contributed by atoms with Gasteiger partial charge in [0.25, 0.3) is 0 Å². The van der Waals surface area contributed by atoms with Crippen LogP contribution in [0.3, 0.4) is 0 Å². The van der Waals surface area contributed by atoms with Gasteiger partial charge in [-0.1, -0.05) is 26.8 Å². The van der Waals surface area contributed by atoms with Crippen LogP contribution in [0.2, 0.25) is 0 Å². The molecule has 0 radical (unpaired) electrons. The normalized spacial score (nSPS) is 30.8. The summed E-state index contributed by atoms with van der Waals surface area (Å²) in [7, 11) is -0.375. The van der Waals surface area contributed by atoms with Crippen LogP contribution in [0.5, 0.6) is 0 Å². The van der Waals surface area contributed by atoms with E-state index in [-0.39, 0.29) is 29.7 Å². The number of hydrogen-bond donors (Lipinski definition) is 0. The van der Waals surface area contributed by atoms with Crippen molar-refractivity contribution in [2.75, 3.05) is 6.54 Å². The number of dihydropyridines is 1. The molecule has 2 rings (SSSR count). The number of nitrogens with zero attached hydrogens (tertiary/aromatic N) is 1. The lowest BCUT2D eigenvalue weighted by molar-refractivity contribution is 0.00578. The highest BCUT2D eigenvalue weighted by molar-refractivity contribution is 6.55. The fraction of sp³-hybridized carbons (Fsp3) is 0.800. The van der Waals surface area contributed by atoms with E-state index in [0.717, 1.165) is 5.47 Å². The van der Waals surface area contributed by atoms with Gasteiger partial charge in [0.15, 0.2) is 0 Å². The quantitative estimate of drug-likeness (QED) is 0.680. The Balaban J connectivity index is 2.31. The zero-order chi connectivity index (χ0) is 15.3. The summed E-state index contributed by atoms with van der Waals surface area (Å²) < 4.78 is 20.5. The fourth-order valence-corrected chi connectivity index (χ4v) is 2.39. The molecule has 1 saturated heterocycles. The van der Waals surface area contributed by atoms with Crippen LogP contribution >= 0.6 is 0 Å². The Morgan fingerprint density at radius 2 is 1.79 bits per heavy atom. The first-order chi connectivity index (χ1) is 8.96. The van der Waals surface area contributed by atoms with Gasteiger partial charge in [0.2, 0.25) is 0 Å². The van der Waals surface area contributed by atoms with Crippen molar-refractivity contribution in [3.05, 3.63) is 11.5 Å². The van der Waals surface area contributed by atoms with Crippen molar-refractivity contribution < 1.29 is 10.7 Å². The molecule has 19 heavy (non-hydrogen) atoms. The van der Waals surface area contributed by atoms with Gasteiger partial charge < -0.3 is 9.31 Å². The van der Waals surface area contributed by atoms with Crippen molar-refractivity contribution in [2.24, 2.45) is 16.3 Å². The maximum absolute atomic E-state index is 8.17. The molecular formula is C15H26BNO2.